The minimum absolute atomic E-state index is 0.0897. The van der Waals surface area contributed by atoms with Crippen LogP contribution in [0.1, 0.15) is 59.4 Å². The Morgan fingerprint density at radius 3 is 2.65 bits per heavy atom. The number of carbonyl (C=O) groups excluding carboxylic acids is 2. The first-order chi connectivity index (χ1) is 16.3. The van der Waals surface area contributed by atoms with E-state index in [9.17, 15) is 18.4 Å². The number of halogens is 3. The highest BCUT2D eigenvalue weighted by Crippen LogP contribution is 2.30. The Balaban J connectivity index is 1.21. The standard InChI is InChI=1S/C24H24ClF2N5O2/c1-12-16-3-2-4-20(16)32-22(29-12)17(11-28-32)24(34)30-15-7-5-13(6-8-15)23(33)31-21-18(25)9-14(26)10-19(21)27/h9-11,13,15H,2-8H2,1H3,(H,30,34)(H,31,33). The van der Waals surface area contributed by atoms with E-state index in [1.807, 2.05) is 6.92 Å². The maximum Gasteiger partial charge on any atom is 0.256 e. The fourth-order valence-corrected chi connectivity index (χ4v) is 5.28. The van der Waals surface area contributed by atoms with Crippen LogP contribution in [0.5, 0.6) is 0 Å². The average molecular weight is 488 g/mol. The monoisotopic (exact) mass is 487 g/mol. The van der Waals surface area contributed by atoms with Gasteiger partial charge in [-0.05, 0) is 63.5 Å². The molecule has 0 spiro atoms. The molecule has 0 unspecified atom stereocenters. The maximum atomic E-state index is 14.0. The van der Waals surface area contributed by atoms with Crippen LogP contribution in [0.4, 0.5) is 14.5 Å². The zero-order valence-corrected chi connectivity index (χ0v) is 19.4. The van der Waals surface area contributed by atoms with Gasteiger partial charge in [-0.25, -0.2) is 18.3 Å². The smallest absolute Gasteiger partial charge is 0.256 e. The highest BCUT2D eigenvalue weighted by Gasteiger charge is 2.29. The molecule has 2 aromatic heterocycles. The van der Waals surface area contributed by atoms with Crippen molar-refractivity contribution in [3.63, 3.8) is 0 Å². The molecule has 10 heteroatoms. The van der Waals surface area contributed by atoms with Gasteiger partial charge >= 0.3 is 0 Å². The quantitative estimate of drug-likeness (QED) is 0.571. The second kappa shape index (κ2) is 8.94. The molecule has 1 saturated carbocycles. The van der Waals surface area contributed by atoms with E-state index in [-0.39, 0.29) is 34.5 Å². The Hall–Kier alpha value is -3.07. The van der Waals surface area contributed by atoms with E-state index in [4.69, 9.17) is 11.6 Å². The molecule has 0 atom stereocenters. The topological polar surface area (TPSA) is 88.4 Å². The Morgan fingerprint density at radius 1 is 1.15 bits per heavy atom. The molecule has 5 rings (SSSR count). The molecule has 2 amide bonds. The lowest BCUT2D eigenvalue weighted by Crippen LogP contribution is -2.39. The van der Waals surface area contributed by atoms with E-state index in [0.29, 0.717) is 43.0 Å². The molecule has 0 saturated heterocycles. The summed E-state index contributed by atoms with van der Waals surface area (Å²) in [5.74, 6) is -2.67. The Kier molecular flexibility index (Phi) is 5.97. The SMILES string of the molecule is Cc1nc2c(C(=O)NC3CCC(C(=O)Nc4c(F)cc(F)cc4Cl)CC3)cnn2c2c1CCC2. The Labute approximate surface area is 199 Å². The zero-order chi connectivity index (χ0) is 24.0. The van der Waals surface area contributed by atoms with Gasteiger partial charge in [-0.1, -0.05) is 11.6 Å². The second-order valence-electron chi connectivity index (χ2n) is 9.03. The lowest BCUT2D eigenvalue weighted by molar-refractivity contribution is -0.120. The van der Waals surface area contributed by atoms with Crippen LogP contribution in [0.15, 0.2) is 18.3 Å². The van der Waals surface area contributed by atoms with Crippen molar-refractivity contribution in [3.05, 3.63) is 57.5 Å². The summed E-state index contributed by atoms with van der Waals surface area (Å²) < 4.78 is 29.0. The van der Waals surface area contributed by atoms with E-state index in [2.05, 4.69) is 20.7 Å². The van der Waals surface area contributed by atoms with Crippen molar-refractivity contribution in [2.45, 2.75) is 57.9 Å². The van der Waals surface area contributed by atoms with Gasteiger partial charge < -0.3 is 10.6 Å². The number of nitrogens with zero attached hydrogens (tertiary/aromatic N) is 3. The molecule has 0 radical (unpaired) electrons. The number of rotatable bonds is 4. The van der Waals surface area contributed by atoms with Crippen LogP contribution in [0.2, 0.25) is 5.02 Å². The van der Waals surface area contributed by atoms with E-state index >= 15 is 0 Å². The van der Waals surface area contributed by atoms with Crippen molar-refractivity contribution in [2.24, 2.45) is 5.92 Å². The van der Waals surface area contributed by atoms with Gasteiger partial charge in [-0.15, -0.1) is 0 Å². The van der Waals surface area contributed by atoms with Gasteiger partial charge in [0.05, 0.1) is 16.9 Å². The van der Waals surface area contributed by atoms with E-state index in [0.717, 1.165) is 36.7 Å². The van der Waals surface area contributed by atoms with Crippen molar-refractivity contribution in [1.29, 1.82) is 0 Å². The van der Waals surface area contributed by atoms with Crippen LogP contribution in [0.25, 0.3) is 5.65 Å². The third kappa shape index (κ3) is 4.13. The fourth-order valence-electron chi connectivity index (χ4n) is 5.03. The third-order valence-corrected chi connectivity index (χ3v) is 7.13. The van der Waals surface area contributed by atoms with Gasteiger partial charge in [0.25, 0.3) is 5.91 Å². The first-order valence-corrected chi connectivity index (χ1v) is 11.8. The minimum atomic E-state index is -0.915. The molecular weight excluding hydrogens is 464 g/mol. The number of nitrogens with one attached hydrogen (secondary N) is 2. The van der Waals surface area contributed by atoms with Gasteiger partial charge in [0.2, 0.25) is 5.91 Å². The number of amides is 2. The van der Waals surface area contributed by atoms with Crippen LogP contribution in [0.3, 0.4) is 0 Å². The molecule has 2 heterocycles. The second-order valence-corrected chi connectivity index (χ2v) is 9.43. The van der Waals surface area contributed by atoms with Crippen molar-refractivity contribution in [2.75, 3.05) is 5.32 Å². The first-order valence-electron chi connectivity index (χ1n) is 11.4. The van der Waals surface area contributed by atoms with Crippen molar-refractivity contribution < 1.29 is 18.4 Å². The Bertz CT molecular complexity index is 1280. The molecule has 0 bridgehead atoms. The number of hydrogen-bond donors (Lipinski definition) is 2. The average Bonchev–Trinajstić information content (AvgIpc) is 3.44. The van der Waals surface area contributed by atoms with Crippen LogP contribution >= 0.6 is 11.6 Å². The predicted octanol–water partition coefficient (Wildman–Crippen LogP) is 4.39. The van der Waals surface area contributed by atoms with Crippen LogP contribution in [0, 0.1) is 24.5 Å². The number of aryl methyl sites for hydroxylation is 2. The normalized spacial score (nSPS) is 19.8. The summed E-state index contributed by atoms with van der Waals surface area (Å²) in [6.45, 7) is 1.97. The Morgan fingerprint density at radius 2 is 1.91 bits per heavy atom. The summed E-state index contributed by atoms with van der Waals surface area (Å²) in [6.07, 6.45) is 6.80. The molecule has 0 aliphatic heterocycles. The highest BCUT2D eigenvalue weighted by molar-refractivity contribution is 6.33. The molecule has 2 N–H and O–H groups in total. The minimum Gasteiger partial charge on any atom is -0.349 e. The predicted molar refractivity (Wildman–Crippen MR) is 123 cm³/mol. The lowest BCUT2D eigenvalue weighted by atomic mass is 9.85. The number of hydrogen-bond acceptors (Lipinski definition) is 4. The van der Waals surface area contributed by atoms with Gasteiger partial charge in [-0.2, -0.15) is 5.10 Å². The lowest BCUT2D eigenvalue weighted by Gasteiger charge is -2.28. The molecule has 7 nitrogen and oxygen atoms in total. The van der Waals surface area contributed by atoms with Crippen molar-refractivity contribution >= 4 is 34.7 Å². The molecular formula is C24H24ClF2N5O2. The molecule has 1 aromatic carbocycles. The number of benzene rings is 1. The third-order valence-electron chi connectivity index (χ3n) is 6.83. The van der Waals surface area contributed by atoms with Gasteiger partial charge in [-0.3, -0.25) is 9.59 Å². The van der Waals surface area contributed by atoms with E-state index in [1.54, 1.807) is 10.7 Å². The van der Waals surface area contributed by atoms with Crippen LogP contribution in [-0.2, 0) is 17.6 Å². The van der Waals surface area contributed by atoms with Crippen molar-refractivity contribution in [3.8, 4) is 0 Å². The first kappa shape index (κ1) is 22.7. The summed E-state index contributed by atoms with van der Waals surface area (Å²) >= 11 is 5.88. The summed E-state index contributed by atoms with van der Waals surface area (Å²) in [7, 11) is 0. The van der Waals surface area contributed by atoms with Gasteiger partial charge in [0.15, 0.2) is 11.5 Å². The number of aromatic nitrogens is 3. The van der Waals surface area contributed by atoms with Crippen LogP contribution < -0.4 is 10.6 Å². The number of carbonyl (C=O) groups is 2. The summed E-state index contributed by atoms with van der Waals surface area (Å²) in [5, 5.41) is 9.76. The molecule has 3 aromatic rings. The summed E-state index contributed by atoms with van der Waals surface area (Å²) in [4.78, 5) is 30.2. The number of fused-ring (bicyclic) bond motifs is 3. The molecule has 2 aliphatic carbocycles. The highest BCUT2D eigenvalue weighted by atomic mass is 35.5. The molecule has 34 heavy (non-hydrogen) atoms. The molecule has 1 fully saturated rings. The fraction of sp³-hybridized carbons (Fsp3) is 0.417. The summed E-state index contributed by atoms with van der Waals surface area (Å²) in [5.41, 5.74) is 4.09. The zero-order valence-electron chi connectivity index (χ0n) is 18.6. The number of anilines is 1. The van der Waals surface area contributed by atoms with E-state index in [1.165, 1.54) is 5.56 Å². The van der Waals surface area contributed by atoms with Crippen LogP contribution in [-0.4, -0.2) is 32.5 Å². The molecule has 2 aliphatic rings. The van der Waals surface area contributed by atoms with E-state index < -0.39 is 11.6 Å². The summed E-state index contributed by atoms with van der Waals surface area (Å²) in [6, 6.07) is 1.55. The maximum absolute atomic E-state index is 14.0. The van der Waals surface area contributed by atoms with Gasteiger partial charge in [0, 0.05) is 29.4 Å². The largest absolute Gasteiger partial charge is 0.349 e. The molecule has 178 valence electrons. The van der Waals surface area contributed by atoms with Gasteiger partial charge in [0.1, 0.15) is 11.4 Å². The van der Waals surface area contributed by atoms with Crippen molar-refractivity contribution in [1.82, 2.24) is 19.9 Å².